The first-order valence-electron chi connectivity index (χ1n) is 12.1. The second kappa shape index (κ2) is 13.1. The molecule has 1 fully saturated rings. The molecule has 0 saturated carbocycles. The molecule has 1 aliphatic rings. The van der Waals surface area contributed by atoms with E-state index in [0.717, 1.165) is 0 Å². The topological polar surface area (TPSA) is 179 Å². The second-order valence-corrected chi connectivity index (χ2v) is 9.13. The maximum absolute atomic E-state index is 12.6. The van der Waals surface area contributed by atoms with Gasteiger partial charge in [-0.25, -0.2) is 9.59 Å². The highest BCUT2D eigenvalue weighted by atomic mass is 16.4. The molecule has 38 heavy (non-hydrogen) atoms. The van der Waals surface area contributed by atoms with Gasteiger partial charge in [0.15, 0.2) is 5.78 Å². The Balaban J connectivity index is 1.51. The molecule has 2 aromatic rings. The van der Waals surface area contributed by atoms with E-state index < -0.39 is 72.3 Å². The van der Waals surface area contributed by atoms with Gasteiger partial charge in [-0.1, -0.05) is 60.7 Å². The van der Waals surface area contributed by atoms with Gasteiger partial charge in [-0.05, 0) is 11.1 Å². The van der Waals surface area contributed by atoms with Crippen molar-refractivity contribution in [1.82, 2.24) is 16.0 Å². The molecule has 11 heteroatoms. The fraction of sp³-hybridized carbons (Fsp3) is 0.333. The summed E-state index contributed by atoms with van der Waals surface area (Å²) in [6.45, 7) is 0. The Morgan fingerprint density at radius 1 is 0.763 bits per heavy atom. The minimum atomic E-state index is -1.24. The second-order valence-electron chi connectivity index (χ2n) is 9.13. The van der Waals surface area contributed by atoms with Gasteiger partial charge in [0.1, 0.15) is 12.1 Å². The molecule has 2 aromatic carbocycles. The molecule has 200 valence electrons. The van der Waals surface area contributed by atoms with Crippen LogP contribution >= 0.6 is 0 Å². The van der Waals surface area contributed by atoms with Gasteiger partial charge in [-0.3, -0.25) is 19.2 Å². The summed E-state index contributed by atoms with van der Waals surface area (Å²) >= 11 is 0. The van der Waals surface area contributed by atoms with E-state index >= 15 is 0 Å². The van der Waals surface area contributed by atoms with E-state index in [-0.39, 0.29) is 19.3 Å². The van der Waals surface area contributed by atoms with Gasteiger partial charge < -0.3 is 26.2 Å². The number of benzene rings is 2. The molecular formula is C27H29N3O8. The highest BCUT2D eigenvalue weighted by Crippen LogP contribution is 2.18. The van der Waals surface area contributed by atoms with Crippen molar-refractivity contribution in [3.05, 3.63) is 71.8 Å². The van der Waals surface area contributed by atoms with Crippen molar-refractivity contribution in [3.8, 4) is 0 Å². The third-order valence-corrected chi connectivity index (χ3v) is 6.18. The quantitative estimate of drug-likeness (QED) is 0.266. The summed E-state index contributed by atoms with van der Waals surface area (Å²) in [4.78, 5) is 73.3. The first-order chi connectivity index (χ1) is 18.1. The van der Waals surface area contributed by atoms with E-state index in [1.807, 2.05) is 0 Å². The van der Waals surface area contributed by atoms with E-state index in [1.54, 1.807) is 60.7 Å². The number of aliphatic carboxylic acids is 2. The Bertz CT molecular complexity index is 1090. The van der Waals surface area contributed by atoms with Gasteiger partial charge >= 0.3 is 11.9 Å². The average Bonchev–Trinajstić information content (AvgIpc) is 2.87. The first kappa shape index (κ1) is 28.0. The third-order valence-electron chi connectivity index (χ3n) is 6.18. The fourth-order valence-corrected chi connectivity index (χ4v) is 4.19. The van der Waals surface area contributed by atoms with Gasteiger partial charge in [-0.15, -0.1) is 0 Å². The summed E-state index contributed by atoms with van der Waals surface area (Å²) in [5.74, 6) is -5.99. The lowest BCUT2D eigenvalue weighted by atomic mass is 9.88. The molecule has 0 spiro atoms. The van der Waals surface area contributed by atoms with Crippen molar-refractivity contribution in [2.75, 3.05) is 0 Å². The Labute approximate surface area is 218 Å². The number of piperidine rings is 1. The molecule has 1 aliphatic heterocycles. The summed E-state index contributed by atoms with van der Waals surface area (Å²) in [5, 5.41) is 26.1. The fourth-order valence-electron chi connectivity index (χ4n) is 4.19. The number of Topliss-reactive ketones (excluding diaryl/α,β-unsaturated/α-hetero) is 1. The third kappa shape index (κ3) is 8.26. The minimum Gasteiger partial charge on any atom is -0.480 e. The van der Waals surface area contributed by atoms with Crippen molar-refractivity contribution in [1.29, 1.82) is 0 Å². The van der Waals surface area contributed by atoms with E-state index in [4.69, 9.17) is 0 Å². The van der Waals surface area contributed by atoms with Crippen LogP contribution in [0.1, 0.15) is 30.4 Å². The average molecular weight is 524 g/mol. The molecule has 1 heterocycles. The number of carboxylic acid groups (broad SMARTS) is 2. The predicted octanol–water partition coefficient (Wildman–Crippen LogP) is 0.465. The molecule has 1 saturated heterocycles. The molecular weight excluding hydrogens is 494 g/mol. The molecule has 0 unspecified atom stereocenters. The number of carboxylic acids is 2. The molecule has 4 atom stereocenters. The number of ketones is 1. The van der Waals surface area contributed by atoms with Gasteiger partial charge in [0, 0.05) is 25.7 Å². The van der Waals surface area contributed by atoms with Crippen LogP contribution in [0.5, 0.6) is 0 Å². The molecule has 3 rings (SSSR count). The molecule has 0 radical (unpaired) electrons. The summed E-state index contributed by atoms with van der Waals surface area (Å²) in [7, 11) is 0. The van der Waals surface area contributed by atoms with Crippen LogP contribution in [-0.2, 0) is 41.6 Å². The summed E-state index contributed by atoms with van der Waals surface area (Å²) in [6, 6.07) is 13.9. The number of amides is 3. The lowest BCUT2D eigenvalue weighted by Gasteiger charge is -2.28. The standard InChI is InChI=1S/C27H29N3O8/c31-22-13-18(14-23(32)28-20(26(35)36)11-16-7-3-1-4-8-16)25(34)30-19(22)15-24(33)29-21(27(37)38)12-17-9-5-2-6-10-17/h1-10,18-21H,11-15H2,(H,28,32)(H,29,33)(H,30,34)(H,35,36)(H,37,38)/t18-,19-,20+,21+/m0/s1. The molecule has 0 bridgehead atoms. The van der Waals surface area contributed by atoms with Crippen LogP contribution in [0.15, 0.2) is 60.7 Å². The Kier molecular flexibility index (Phi) is 9.69. The van der Waals surface area contributed by atoms with Gasteiger partial charge in [0.05, 0.1) is 18.4 Å². The zero-order chi connectivity index (χ0) is 27.7. The number of carbonyl (C=O) groups excluding carboxylic acids is 4. The molecule has 0 aromatic heterocycles. The van der Waals surface area contributed by atoms with Crippen molar-refractivity contribution < 1.29 is 39.0 Å². The highest BCUT2D eigenvalue weighted by molar-refractivity contribution is 6.01. The van der Waals surface area contributed by atoms with Crippen molar-refractivity contribution in [3.63, 3.8) is 0 Å². The number of nitrogens with one attached hydrogen (secondary N) is 3. The van der Waals surface area contributed by atoms with Crippen LogP contribution in [0.25, 0.3) is 0 Å². The number of hydrogen-bond donors (Lipinski definition) is 5. The number of hydrogen-bond acceptors (Lipinski definition) is 6. The van der Waals surface area contributed by atoms with Crippen molar-refractivity contribution in [2.45, 2.75) is 50.2 Å². The summed E-state index contributed by atoms with van der Waals surface area (Å²) < 4.78 is 0. The SMILES string of the molecule is O=C(C[C@@H]1CC(=O)[C@H](CC(=O)N[C@H](Cc2ccccc2)C(=O)O)NC1=O)N[C@H](Cc1ccccc1)C(=O)O. The van der Waals surface area contributed by atoms with Crippen molar-refractivity contribution >= 4 is 35.4 Å². The van der Waals surface area contributed by atoms with Crippen LogP contribution in [0.3, 0.4) is 0 Å². The van der Waals surface area contributed by atoms with Crippen LogP contribution in [0.2, 0.25) is 0 Å². The molecule has 3 amide bonds. The van der Waals surface area contributed by atoms with E-state index in [1.165, 1.54) is 0 Å². The van der Waals surface area contributed by atoms with Gasteiger partial charge in [-0.2, -0.15) is 0 Å². The lowest BCUT2D eigenvalue weighted by molar-refractivity contribution is -0.144. The maximum atomic E-state index is 12.6. The van der Waals surface area contributed by atoms with E-state index in [2.05, 4.69) is 16.0 Å². The molecule has 5 N–H and O–H groups in total. The zero-order valence-electron chi connectivity index (χ0n) is 20.5. The Morgan fingerprint density at radius 2 is 1.21 bits per heavy atom. The predicted molar refractivity (Wildman–Crippen MR) is 134 cm³/mol. The highest BCUT2D eigenvalue weighted by Gasteiger charge is 2.37. The largest absolute Gasteiger partial charge is 0.480 e. The normalized spacial score (nSPS) is 18.5. The van der Waals surface area contributed by atoms with E-state index in [0.29, 0.717) is 11.1 Å². The summed E-state index contributed by atoms with van der Waals surface area (Å²) in [5.41, 5.74) is 1.41. The minimum absolute atomic E-state index is 0.0473. The molecule has 0 aliphatic carbocycles. The first-order valence-corrected chi connectivity index (χ1v) is 12.1. The number of carbonyl (C=O) groups is 6. The zero-order valence-corrected chi connectivity index (χ0v) is 20.5. The monoisotopic (exact) mass is 523 g/mol. The van der Waals surface area contributed by atoms with Crippen LogP contribution in [-0.4, -0.2) is 63.8 Å². The van der Waals surface area contributed by atoms with E-state index in [9.17, 15) is 39.0 Å². The van der Waals surface area contributed by atoms with Crippen LogP contribution < -0.4 is 16.0 Å². The smallest absolute Gasteiger partial charge is 0.326 e. The maximum Gasteiger partial charge on any atom is 0.326 e. The van der Waals surface area contributed by atoms with Crippen LogP contribution in [0.4, 0.5) is 0 Å². The Morgan fingerprint density at radius 3 is 1.66 bits per heavy atom. The van der Waals surface area contributed by atoms with Crippen LogP contribution in [0, 0.1) is 5.92 Å². The lowest BCUT2D eigenvalue weighted by Crippen LogP contribution is -2.54. The Hall–Kier alpha value is -4.54. The molecule has 11 nitrogen and oxygen atoms in total. The van der Waals surface area contributed by atoms with Gasteiger partial charge in [0.2, 0.25) is 17.7 Å². The number of rotatable bonds is 12. The summed E-state index contributed by atoms with van der Waals surface area (Å²) in [6.07, 6.45) is -1.05. The van der Waals surface area contributed by atoms with Gasteiger partial charge in [0.25, 0.3) is 0 Å². The van der Waals surface area contributed by atoms with Crippen molar-refractivity contribution in [2.24, 2.45) is 5.92 Å².